The van der Waals surface area contributed by atoms with Gasteiger partial charge >= 0.3 is 0 Å². The highest BCUT2D eigenvalue weighted by atomic mass is 19.1. The molecule has 0 aliphatic carbocycles. The summed E-state index contributed by atoms with van der Waals surface area (Å²) in [6, 6.07) is 1.47. The smallest absolute Gasteiger partial charge is 0.141 e. The summed E-state index contributed by atoms with van der Waals surface area (Å²) >= 11 is 0. The van der Waals surface area contributed by atoms with Crippen LogP contribution in [0, 0.1) is 5.82 Å². The highest BCUT2D eigenvalue weighted by Crippen LogP contribution is 2.19. The number of pyridine rings is 1. The molecule has 1 heterocycles. The Morgan fingerprint density at radius 1 is 1.64 bits per heavy atom. The maximum absolute atomic E-state index is 12.9. The first kappa shape index (κ1) is 10.9. The number of aromatic nitrogens is 1. The lowest BCUT2D eigenvalue weighted by Gasteiger charge is -2.17. The van der Waals surface area contributed by atoms with Gasteiger partial charge in [0, 0.05) is 6.20 Å². The summed E-state index contributed by atoms with van der Waals surface area (Å²) in [5.74, 6) is -0.313. The van der Waals surface area contributed by atoms with Crippen LogP contribution >= 0.6 is 0 Å². The Bertz CT molecular complexity index is 323. The van der Waals surface area contributed by atoms with Crippen LogP contribution in [0.2, 0.25) is 0 Å². The number of likely N-dealkylation sites (N-methyl/N-ethyl adjacent to an activating group) is 1. The van der Waals surface area contributed by atoms with Crippen molar-refractivity contribution in [2.75, 3.05) is 6.54 Å². The van der Waals surface area contributed by atoms with Gasteiger partial charge in [0.1, 0.15) is 5.82 Å². The van der Waals surface area contributed by atoms with Gasteiger partial charge < -0.3 is 5.32 Å². The third-order valence-electron chi connectivity index (χ3n) is 1.96. The largest absolute Gasteiger partial charge is 0.307 e. The molecule has 0 saturated heterocycles. The lowest BCUT2D eigenvalue weighted by molar-refractivity contribution is 0.592. The molecule has 1 rings (SSSR count). The van der Waals surface area contributed by atoms with Gasteiger partial charge in [0.15, 0.2) is 0 Å². The van der Waals surface area contributed by atoms with Crippen molar-refractivity contribution in [3.8, 4) is 0 Å². The molecule has 0 aliphatic heterocycles. The van der Waals surface area contributed by atoms with E-state index in [0.717, 1.165) is 17.7 Å². The monoisotopic (exact) mass is 194 g/mol. The van der Waals surface area contributed by atoms with Crippen LogP contribution in [-0.2, 0) is 0 Å². The lowest BCUT2D eigenvalue weighted by atomic mass is 10.0. The molecule has 0 fully saturated rings. The summed E-state index contributed by atoms with van der Waals surface area (Å²) < 4.78 is 12.9. The molecule has 0 spiro atoms. The van der Waals surface area contributed by atoms with Crippen molar-refractivity contribution >= 4 is 0 Å². The molecule has 1 atom stereocenters. The summed E-state index contributed by atoms with van der Waals surface area (Å²) in [6.07, 6.45) is 2.86. The summed E-state index contributed by atoms with van der Waals surface area (Å²) in [5.41, 5.74) is 1.78. The molecule has 76 valence electrons. The van der Waals surface area contributed by atoms with E-state index in [2.05, 4.69) is 16.9 Å². The standard InChI is InChI=1S/C11H15FN2/c1-4-14-11(8(2)3)9-5-10(12)7-13-6-9/h5-7,11,14H,2,4H2,1,3H3. The van der Waals surface area contributed by atoms with Gasteiger partial charge in [0.25, 0.3) is 0 Å². The highest BCUT2D eigenvalue weighted by Gasteiger charge is 2.11. The third kappa shape index (κ3) is 2.64. The molecular weight excluding hydrogens is 179 g/mol. The van der Waals surface area contributed by atoms with Gasteiger partial charge in [-0.1, -0.05) is 19.1 Å². The molecule has 3 heteroatoms. The predicted octanol–water partition coefficient (Wildman–Crippen LogP) is 2.45. The second-order valence-corrected chi connectivity index (χ2v) is 3.27. The number of nitrogens with one attached hydrogen (secondary N) is 1. The van der Waals surface area contributed by atoms with Crippen molar-refractivity contribution in [3.05, 3.63) is 42.0 Å². The molecule has 0 saturated carbocycles. The van der Waals surface area contributed by atoms with E-state index >= 15 is 0 Å². The van der Waals surface area contributed by atoms with Gasteiger partial charge in [0.05, 0.1) is 12.2 Å². The maximum Gasteiger partial charge on any atom is 0.141 e. The zero-order valence-electron chi connectivity index (χ0n) is 8.55. The average Bonchev–Trinajstić information content (AvgIpc) is 2.13. The first-order chi connectivity index (χ1) is 6.65. The molecule has 0 aliphatic rings. The van der Waals surface area contributed by atoms with Crippen LogP contribution in [0.15, 0.2) is 30.6 Å². The molecule has 0 bridgehead atoms. The fourth-order valence-corrected chi connectivity index (χ4v) is 1.37. The SMILES string of the molecule is C=C(C)C(NCC)c1cncc(F)c1. The fraction of sp³-hybridized carbons (Fsp3) is 0.364. The molecule has 0 radical (unpaired) electrons. The molecule has 0 amide bonds. The van der Waals surface area contributed by atoms with Gasteiger partial charge in [-0.2, -0.15) is 0 Å². The number of hydrogen-bond donors (Lipinski definition) is 1. The number of rotatable bonds is 4. The van der Waals surface area contributed by atoms with Gasteiger partial charge in [0.2, 0.25) is 0 Å². The second kappa shape index (κ2) is 4.86. The van der Waals surface area contributed by atoms with Crippen molar-refractivity contribution in [2.45, 2.75) is 19.9 Å². The van der Waals surface area contributed by atoms with Crippen LogP contribution in [0.5, 0.6) is 0 Å². The number of hydrogen-bond acceptors (Lipinski definition) is 2. The second-order valence-electron chi connectivity index (χ2n) is 3.27. The summed E-state index contributed by atoms with van der Waals surface area (Å²) in [7, 11) is 0. The van der Waals surface area contributed by atoms with Gasteiger partial charge in [-0.25, -0.2) is 4.39 Å². The lowest BCUT2D eigenvalue weighted by Crippen LogP contribution is -2.21. The van der Waals surface area contributed by atoms with E-state index in [1.54, 1.807) is 6.20 Å². The Morgan fingerprint density at radius 2 is 2.36 bits per heavy atom. The molecule has 1 unspecified atom stereocenters. The first-order valence-corrected chi connectivity index (χ1v) is 4.64. The number of nitrogens with zero attached hydrogens (tertiary/aromatic N) is 1. The van der Waals surface area contributed by atoms with Gasteiger partial charge in [-0.3, -0.25) is 4.98 Å². The Hall–Kier alpha value is -1.22. The Kier molecular flexibility index (Phi) is 3.77. The van der Waals surface area contributed by atoms with Crippen molar-refractivity contribution in [3.63, 3.8) is 0 Å². The Balaban J connectivity index is 2.93. The molecule has 1 N–H and O–H groups in total. The van der Waals surface area contributed by atoms with E-state index in [0.29, 0.717) is 0 Å². The number of halogens is 1. The highest BCUT2D eigenvalue weighted by molar-refractivity contribution is 5.23. The van der Waals surface area contributed by atoms with Crippen LogP contribution < -0.4 is 5.32 Å². The van der Waals surface area contributed by atoms with E-state index in [-0.39, 0.29) is 11.9 Å². The Morgan fingerprint density at radius 3 is 2.86 bits per heavy atom. The fourth-order valence-electron chi connectivity index (χ4n) is 1.37. The molecule has 2 nitrogen and oxygen atoms in total. The molecule has 14 heavy (non-hydrogen) atoms. The summed E-state index contributed by atoms with van der Waals surface area (Å²) in [5, 5.41) is 3.22. The normalized spacial score (nSPS) is 12.5. The van der Waals surface area contributed by atoms with E-state index < -0.39 is 0 Å². The maximum atomic E-state index is 12.9. The van der Waals surface area contributed by atoms with E-state index in [1.807, 2.05) is 13.8 Å². The minimum Gasteiger partial charge on any atom is -0.307 e. The van der Waals surface area contributed by atoms with Crippen LogP contribution in [0.4, 0.5) is 4.39 Å². The molecule has 0 aromatic carbocycles. The van der Waals surface area contributed by atoms with Crippen molar-refractivity contribution < 1.29 is 4.39 Å². The molecule has 1 aromatic heterocycles. The quantitative estimate of drug-likeness (QED) is 0.745. The first-order valence-electron chi connectivity index (χ1n) is 4.64. The summed E-state index contributed by atoms with van der Waals surface area (Å²) in [4.78, 5) is 3.81. The van der Waals surface area contributed by atoms with Crippen LogP contribution in [0.25, 0.3) is 0 Å². The molecule has 1 aromatic rings. The third-order valence-corrected chi connectivity index (χ3v) is 1.96. The zero-order valence-corrected chi connectivity index (χ0v) is 8.55. The van der Waals surface area contributed by atoms with Crippen molar-refractivity contribution in [1.82, 2.24) is 10.3 Å². The predicted molar refractivity (Wildman–Crippen MR) is 55.4 cm³/mol. The van der Waals surface area contributed by atoms with Crippen molar-refractivity contribution in [2.24, 2.45) is 0 Å². The summed E-state index contributed by atoms with van der Waals surface area (Å²) in [6.45, 7) is 8.60. The molecular formula is C11H15FN2. The van der Waals surface area contributed by atoms with Gasteiger partial charge in [-0.05, 0) is 25.1 Å². The van der Waals surface area contributed by atoms with Crippen LogP contribution in [0.1, 0.15) is 25.5 Å². The van der Waals surface area contributed by atoms with E-state index in [9.17, 15) is 4.39 Å². The minimum atomic E-state index is -0.313. The van der Waals surface area contributed by atoms with Gasteiger partial charge in [-0.15, -0.1) is 0 Å². The van der Waals surface area contributed by atoms with Crippen molar-refractivity contribution in [1.29, 1.82) is 0 Å². The minimum absolute atomic E-state index is 0.0109. The van der Waals surface area contributed by atoms with E-state index in [1.165, 1.54) is 12.3 Å². The average molecular weight is 194 g/mol. The van der Waals surface area contributed by atoms with Crippen LogP contribution in [0.3, 0.4) is 0 Å². The van der Waals surface area contributed by atoms with E-state index in [4.69, 9.17) is 0 Å². The topological polar surface area (TPSA) is 24.9 Å². The zero-order chi connectivity index (χ0) is 10.6. The Labute approximate surface area is 83.9 Å². The van der Waals surface area contributed by atoms with Crippen LogP contribution in [-0.4, -0.2) is 11.5 Å².